The number of hydrogen-bond acceptors (Lipinski definition) is 2. The number of pyridine rings is 1. The van der Waals surface area contributed by atoms with E-state index in [2.05, 4.69) is 4.98 Å². The summed E-state index contributed by atoms with van der Waals surface area (Å²) in [5, 5.41) is 0.502. The van der Waals surface area contributed by atoms with Crippen molar-refractivity contribution < 1.29 is 4.79 Å². The van der Waals surface area contributed by atoms with E-state index in [1.807, 2.05) is 29.7 Å². The van der Waals surface area contributed by atoms with Gasteiger partial charge in [-0.2, -0.15) is 0 Å². The van der Waals surface area contributed by atoms with E-state index in [0.29, 0.717) is 11.6 Å². The lowest BCUT2D eigenvalue weighted by molar-refractivity contribution is -0.116. The molecule has 2 rings (SSSR count). The molecule has 0 fully saturated rings. The maximum Gasteiger partial charge on any atom is 0.155 e. The Balaban J connectivity index is 2.53. The Bertz CT molecular complexity index is 545. The number of hydrogen-bond donors (Lipinski definition) is 0. The third kappa shape index (κ3) is 1.95. The Hall–Kier alpha value is -1.35. The lowest BCUT2D eigenvalue weighted by atomic mass is 10.1. The molecule has 0 aliphatic rings. The van der Waals surface area contributed by atoms with Crippen LogP contribution in [0.1, 0.15) is 25.2 Å². The summed E-state index contributed by atoms with van der Waals surface area (Å²) in [5.74, 6) is 1.09. The first-order chi connectivity index (χ1) is 7.61. The predicted octanol–water partition coefficient (Wildman–Crippen LogP) is 2.68. The van der Waals surface area contributed by atoms with Gasteiger partial charge in [0, 0.05) is 19.0 Å². The van der Waals surface area contributed by atoms with Gasteiger partial charge in [-0.3, -0.25) is 4.79 Å². The second kappa shape index (κ2) is 4.26. The van der Waals surface area contributed by atoms with E-state index in [0.717, 1.165) is 23.3 Å². The number of aromatic nitrogens is 2. The molecule has 2 heterocycles. The molecule has 0 amide bonds. The largest absolute Gasteiger partial charge is 0.302 e. The summed E-state index contributed by atoms with van der Waals surface area (Å²) in [6, 6.07) is 3.86. The highest BCUT2D eigenvalue weighted by Crippen LogP contribution is 2.20. The highest BCUT2D eigenvalue weighted by molar-refractivity contribution is 6.32. The van der Waals surface area contributed by atoms with Crippen LogP contribution in [0.15, 0.2) is 18.3 Å². The molecule has 0 N–H and O–H groups in total. The molecule has 0 aliphatic heterocycles. The van der Waals surface area contributed by atoms with E-state index < -0.39 is 0 Å². The number of carbonyl (C=O) groups excluding carboxylic acids is 1. The number of Topliss-reactive ketones (excluding diaryl/α,β-unsaturated/α-hetero) is 1. The minimum absolute atomic E-state index is 0.149. The molecule has 0 spiro atoms. The second-order valence-corrected chi connectivity index (χ2v) is 4.20. The highest BCUT2D eigenvalue weighted by atomic mass is 35.5. The quantitative estimate of drug-likeness (QED) is 0.821. The van der Waals surface area contributed by atoms with Crippen LogP contribution in [0.3, 0.4) is 0 Å². The standard InChI is InChI=1S/C12H13ClN2O/c1-3-11-14-12(13)10-7-9(6-8(2)16)4-5-15(10)11/h4-5,7H,3,6H2,1-2H3. The van der Waals surface area contributed by atoms with Crippen LogP contribution in [0.5, 0.6) is 0 Å². The van der Waals surface area contributed by atoms with Gasteiger partial charge in [0.2, 0.25) is 0 Å². The fourth-order valence-corrected chi connectivity index (χ4v) is 2.04. The van der Waals surface area contributed by atoms with Crippen molar-refractivity contribution in [1.82, 2.24) is 9.38 Å². The summed E-state index contributed by atoms with van der Waals surface area (Å²) >= 11 is 6.05. The van der Waals surface area contributed by atoms with E-state index in [1.165, 1.54) is 0 Å². The molecule has 4 heteroatoms. The molecule has 16 heavy (non-hydrogen) atoms. The average Bonchev–Trinajstić information content (AvgIpc) is 2.55. The molecular weight excluding hydrogens is 224 g/mol. The van der Waals surface area contributed by atoms with Crippen LogP contribution >= 0.6 is 11.6 Å². The number of carbonyl (C=O) groups is 1. The third-order valence-corrected chi connectivity index (χ3v) is 2.78. The Kier molecular flexibility index (Phi) is 2.97. The summed E-state index contributed by atoms with van der Waals surface area (Å²) in [6.45, 7) is 3.62. The van der Waals surface area contributed by atoms with Crippen LogP contribution in [0.4, 0.5) is 0 Å². The van der Waals surface area contributed by atoms with Gasteiger partial charge in [-0.1, -0.05) is 18.5 Å². The monoisotopic (exact) mass is 236 g/mol. The molecule has 0 aliphatic carbocycles. The fourth-order valence-electron chi connectivity index (χ4n) is 1.80. The molecule has 0 unspecified atom stereocenters. The zero-order chi connectivity index (χ0) is 11.7. The smallest absolute Gasteiger partial charge is 0.155 e. The molecule has 84 valence electrons. The summed E-state index contributed by atoms with van der Waals surface area (Å²) in [4.78, 5) is 15.3. The van der Waals surface area contributed by atoms with Crippen molar-refractivity contribution in [3.63, 3.8) is 0 Å². The maximum absolute atomic E-state index is 11.0. The van der Waals surface area contributed by atoms with Crippen molar-refractivity contribution in [2.75, 3.05) is 0 Å². The van der Waals surface area contributed by atoms with Crippen molar-refractivity contribution in [3.8, 4) is 0 Å². The van der Waals surface area contributed by atoms with Gasteiger partial charge in [-0.25, -0.2) is 4.98 Å². The van der Waals surface area contributed by atoms with Crippen molar-refractivity contribution in [1.29, 1.82) is 0 Å². The van der Waals surface area contributed by atoms with Gasteiger partial charge in [0.15, 0.2) is 5.15 Å². The van der Waals surface area contributed by atoms with E-state index in [4.69, 9.17) is 11.6 Å². The molecule has 2 aromatic rings. The minimum atomic E-state index is 0.149. The van der Waals surface area contributed by atoms with Crippen LogP contribution in [-0.2, 0) is 17.6 Å². The number of nitrogens with zero attached hydrogens (tertiary/aromatic N) is 2. The molecule has 0 bridgehead atoms. The van der Waals surface area contributed by atoms with Gasteiger partial charge in [0.05, 0.1) is 5.52 Å². The van der Waals surface area contributed by atoms with Crippen LogP contribution in [0, 0.1) is 0 Å². The molecule has 2 aromatic heterocycles. The topological polar surface area (TPSA) is 34.4 Å². The molecule has 0 aromatic carbocycles. The van der Waals surface area contributed by atoms with Crippen LogP contribution in [0.25, 0.3) is 5.52 Å². The number of rotatable bonds is 3. The van der Waals surface area contributed by atoms with Gasteiger partial charge in [-0.05, 0) is 24.6 Å². The lowest BCUT2D eigenvalue weighted by Crippen LogP contribution is -1.98. The summed E-state index contributed by atoms with van der Waals surface area (Å²) in [6.07, 6.45) is 3.20. The molecule has 0 radical (unpaired) electrons. The summed E-state index contributed by atoms with van der Waals surface area (Å²) < 4.78 is 1.96. The van der Waals surface area contributed by atoms with E-state index in [9.17, 15) is 4.79 Å². The second-order valence-electron chi connectivity index (χ2n) is 3.84. The molecule has 0 saturated heterocycles. The first kappa shape index (κ1) is 11.1. The average molecular weight is 237 g/mol. The number of imidazole rings is 1. The normalized spacial score (nSPS) is 10.9. The van der Waals surface area contributed by atoms with Crippen molar-refractivity contribution in [2.45, 2.75) is 26.7 Å². The van der Waals surface area contributed by atoms with Crippen LogP contribution in [0.2, 0.25) is 5.15 Å². The first-order valence-electron chi connectivity index (χ1n) is 5.26. The van der Waals surface area contributed by atoms with E-state index in [1.54, 1.807) is 6.92 Å². The Labute approximate surface area is 99.1 Å². The Morgan fingerprint density at radius 2 is 2.31 bits per heavy atom. The Morgan fingerprint density at radius 3 is 2.94 bits per heavy atom. The number of ketones is 1. The van der Waals surface area contributed by atoms with E-state index >= 15 is 0 Å². The number of aryl methyl sites for hydroxylation is 1. The van der Waals surface area contributed by atoms with E-state index in [-0.39, 0.29) is 5.78 Å². The summed E-state index contributed by atoms with van der Waals surface area (Å²) in [7, 11) is 0. The van der Waals surface area contributed by atoms with Gasteiger partial charge in [0.1, 0.15) is 11.6 Å². The van der Waals surface area contributed by atoms with Gasteiger partial charge in [0.25, 0.3) is 0 Å². The molecule has 3 nitrogen and oxygen atoms in total. The maximum atomic E-state index is 11.0. The molecule has 0 saturated carbocycles. The van der Waals surface area contributed by atoms with Gasteiger partial charge in [-0.15, -0.1) is 0 Å². The third-order valence-electron chi connectivity index (χ3n) is 2.51. The van der Waals surface area contributed by atoms with Crippen LogP contribution < -0.4 is 0 Å². The summed E-state index contributed by atoms with van der Waals surface area (Å²) in [5.41, 5.74) is 1.85. The minimum Gasteiger partial charge on any atom is -0.302 e. The highest BCUT2D eigenvalue weighted by Gasteiger charge is 2.08. The zero-order valence-corrected chi connectivity index (χ0v) is 10.1. The predicted molar refractivity (Wildman–Crippen MR) is 64.0 cm³/mol. The van der Waals surface area contributed by atoms with Crippen molar-refractivity contribution >= 4 is 22.9 Å². The van der Waals surface area contributed by atoms with Crippen LogP contribution in [-0.4, -0.2) is 15.2 Å². The SMILES string of the molecule is CCc1nc(Cl)c2cc(CC(C)=O)ccn12. The van der Waals surface area contributed by atoms with Gasteiger partial charge < -0.3 is 4.40 Å². The zero-order valence-electron chi connectivity index (χ0n) is 9.33. The van der Waals surface area contributed by atoms with Crippen molar-refractivity contribution in [3.05, 3.63) is 34.9 Å². The van der Waals surface area contributed by atoms with Gasteiger partial charge >= 0.3 is 0 Å². The molecular formula is C12H13ClN2O. The first-order valence-corrected chi connectivity index (χ1v) is 5.64. The molecule has 0 atom stereocenters. The van der Waals surface area contributed by atoms with Crippen molar-refractivity contribution in [2.24, 2.45) is 0 Å². The number of fused-ring (bicyclic) bond motifs is 1. The Morgan fingerprint density at radius 1 is 1.56 bits per heavy atom. The lowest BCUT2D eigenvalue weighted by Gasteiger charge is -2.01. The number of halogens is 1. The fraction of sp³-hybridized carbons (Fsp3) is 0.333.